The second-order valence-corrected chi connectivity index (χ2v) is 6.52. The first-order valence-corrected chi connectivity index (χ1v) is 7.37. The largest absolute Gasteiger partial charge is 0.396 e. The molecule has 1 aliphatic carbocycles. The van der Waals surface area contributed by atoms with Crippen LogP contribution in [0.1, 0.15) is 39.0 Å². The summed E-state index contributed by atoms with van der Waals surface area (Å²) in [6.07, 6.45) is 4.50. The molecule has 4 nitrogen and oxygen atoms in total. The molecular formula is C12H24N2O2S. The Labute approximate surface area is 108 Å². The maximum Gasteiger partial charge on any atom is 0.237 e. The number of nitrogens with two attached hydrogens (primary N) is 2. The first-order chi connectivity index (χ1) is 8.00. The Morgan fingerprint density at radius 1 is 1.65 bits per heavy atom. The van der Waals surface area contributed by atoms with Crippen molar-refractivity contribution in [1.82, 2.24) is 0 Å². The number of primary amides is 1. The summed E-state index contributed by atoms with van der Waals surface area (Å²) >= 11 is 1.83. The molecule has 0 aliphatic heterocycles. The highest BCUT2D eigenvalue weighted by Crippen LogP contribution is 2.36. The average molecular weight is 260 g/mol. The first kappa shape index (κ1) is 14.8. The topological polar surface area (TPSA) is 89.3 Å². The minimum absolute atomic E-state index is 0.230. The molecule has 0 bridgehead atoms. The van der Waals surface area contributed by atoms with Crippen molar-refractivity contribution in [2.45, 2.75) is 49.8 Å². The van der Waals surface area contributed by atoms with E-state index in [0.29, 0.717) is 5.25 Å². The van der Waals surface area contributed by atoms with E-state index in [9.17, 15) is 4.79 Å². The summed E-state index contributed by atoms with van der Waals surface area (Å²) in [6.45, 7) is 2.35. The Hall–Kier alpha value is -0.260. The lowest BCUT2D eigenvalue weighted by atomic mass is 9.85. The molecule has 1 fully saturated rings. The highest BCUT2D eigenvalue weighted by atomic mass is 32.2. The van der Waals surface area contributed by atoms with Crippen LogP contribution in [0.2, 0.25) is 0 Å². The van der Waals surface area contributed by atoms with E-state index in [1.165, 1.54) is 0 Å². The van der Waals surface area contributed by atoms with Crippen LogP contribution in [-0.2, 0) is 4.79 Å². The van der Waals surface area contributed by atoms with E-state index in [0.717, 1.165) is 37.9 Å². The van der Waals surface area contributed by atoms with Gasteiger partial charge in [-0.3, -0.25) is 4.79 Å². The predicted molar refractivity (Wildman–Crippen MR) is 71.7 cm³/mol. The van der Waals surface area contributed by atoms with E-state index in [2.05, 4.69) is 6.92 Å². The fourth-order valence-electron chi connectivity index (χ4n) is 2.51. The molecule has 5 heteroatoms. The summed E-state index contributed by atoms with van der Waals surface area (Å²) in [7, 11) is 0. The van der Waals surface area contributed by atoms with Gasteiger partial charge >= 0.3 is 0 Å². The summed E-state index contributed by atoms with van der Waals surface area (Å²) < 4.78 is 0. The maximum atomic E-state index is 11.4. The standard InChI is InChI=1S/C12H24N2O2S/c1-9(4-7-15)17-8-5-10-3-2-6-12(10,14)11(13)16/h9-10,15H,2-8,14H2,1H3,(H2,13,16). The smallest absolute Gasteiger partial charge is 0.237 e. The number of aliphatic hydroxyl groups is 1. The van der Waals surface area contributed by atoms with Gasteiger partial charge in [0.25, 0.3) is 0 Å². The highest BCUT2D eigenvalue weighted by molar-refractivity contribution is 7.99. The monoisotopic (exact) mass is 260 g/mol. The van der Waals surface area contributed by atoms with Crippen LogP contribution in [0, 0.1) is 5.92 Å². The third kappa shape index (κ3) is 3.86. The van der Waals surface area contributed by atoms with E-state index in [-0.39, 0.29) is 18.4 Å². The van der Waals surface area contributed by atoms with Crippen molar-refractivity contribution in [1.29, 1.82) is 0 Å². The Bertz CT molecular complexity index is 263. The van der Waals surface area contributed by atoms with Crippen LogP contribution in [0.15, 0.2) is 0 Å². The van der Waals surface area contributed by atoms with Crippen LogP contribution in [0.25, 0.3) is 0 Å². The number of aliphatic hydroxyl groups excluding tert-OH is 1. The molecule has 100 valence electrons. The second kappa shape index (κ2) is 6.61. The normalized spacial score (nSPS) is 30.4. The zero-order valence-electron chi connectivity index (χ0n) is 10.5. The Balaban J connectivity index is 2.34. The van der Waals surface area contributed by atoms with Crippen LogP contribution in [0.3, 0.4) is 0 Å². The highest BCUT2D eigenvalue weighted by Gasteiger charge is 2.43. The third-order valence-electron chi connectivity index (χ3n) is 3.73. The second-order valence-electron chi connectivity index (χ2n) is 4.98. The predicted octanol–water partition coefficient (Wildman–Crippen LogP) is 0.864. The molecule has 3 atom stereocenters. The van der Waals surface area contributed by atoms with Crippen molar-refractivity contribution >= 4 is 17.7 Å². The van der Waals surface area contributed by atoms with Gasteiger partial charge in [-0.1, -0.05) is 13.3 Å². The molecule has 0 aromatic heterocycles. The zero-order valence-corrected chi connectivity index (χ0v) is 11.3. The van der Waals surface area contributed by atoms with Crippen molar-refractivity contribution in [2.75, 3.05) is 12.4 Å². The molecule has 0 radical (unpaired) electrons. The number of hydrogen-bond acceptors (Lipinski definition) is 4. The molecule has 0 aromatic carbocycles. The fraction of sp³-hybridized carbons (Fsp3) is 0.917. The van der Waals surface area contributed by atoms with Gasteiger partial charge in [0.15, 0.2) is 0 Å². The number of carbonyl (C=O) groups excluding carboxylic acids is 1. The molecule has 1 aliphatic rings. The summed E-state index contributed by atoms with van der Waals surface area (Å²) in [5.74, 6) is 0.861. The SMILES string of the molecule is CC(CCO)SCCC1CCCC1(N)C(N)=O. The van der Waals surface area contributed by atoms with Gasteiger partial charge in [-0.05, 0) is 37.4 Å². The van der Waals surface area contributed by atoms with E-state index in [1.54, 1.807) is 0 Å². The van der Waals surface area contributed by atoms with Crippen molar-refractivity contribution < 1.29 is 9.90 Å². The molecule has 0 spiro atoms. The molecule has 0 saturated heterocycles. The van der Waals surface area contributed by atoms with Crippen molar-refractivity contribution in [3.63, 3.8) is 0 Å². The van der Waals surface area contributed by atoms with Crippen molar-refractivity contribution in [3.05, 3.63) is 0 Å². The lowest BCUT2D eigenvalue weighted by Gasteiger charge is -2.28. The molecule has 1 saturated carbocycles. The van der Waals surface area contributed by atoms with E-state index in [1.807, 2.05) is 11.8 Å². The Morgan fingerprint density at radius 2 is 2.35 bits per heavy atom. The number of thioether (sulfide) groups is 1. The third-order valence-corrected chi connectivity index (χ3v) is 5.01. The molecular weight excluding hydrogens is 236 g/mol. The lowest BCUT2D eigenvalue weighted by Crippen LogP contribution is -2.54. The van der Waals surface area contributed by atoms with Gasteiger partial charge in [0.2, 0.25) is 5.91 Å². The van der Waals surface area contributed by atoms with E-state index < -0.39 is 5.54 Å². The van der Waals surface area contributed by atoms with Crippen molar-refractivity contribution in [3.8, 4) is 0 Å². The number of hydrogen-bond donors (Lipinski definition) is 3. The molecule has 1 rings (SSSR count). The summed E-state index contributed by atoms with van der Waals surface area (Å²) in [4.78, 5) is 11.4. The zero-order chi connectivity index (χ0) is 12.9. The molecule has 3 unspecified atom stereocenters. The van der Waals surface area contributed by atoms with Crippen LogP contribution >= 0.6 is 11.8 Å². The van der Waals surface area contributed by atoms with Crippen LogP contribution in [-0.4, -0.2) is 34.2 Å². The van der Waals surface area contributed by atoms with Crippen LogP contribution in [0.4, 0.5) is 0 Å². The quantitative estimate of drug-likeness (QED) is 0.633. The lowest BCUT2D eigenvalue weighted by molar-refractivity contribution is -0.124. The summed E-state index contributed by atoms with van der Waals surface area (Å²) in [6, 6.07) is 0. The van der Waals surface area contributed by atoms with E-state index in [4.69, 9.17) is 16.6 Å². The summed E-state index contributed by atoms with van der Waals surface area (Å²) in [5.41, 5.74) is 10.7. The number of rotatable bonds is 7. The maximum absolute atomic E-state index is 11.4. The van der Waals surface area contributed by atoms with Crippen LogP contribution < -0.4 is 11.5 Å². The van der Waals surface area contributed by atoms with Gasteiger partial charge in [-0.2, -0.15) is 11.8 Å². The Kier molecular flexibility index (Phi) is 5.76. The molecule has 17 heavy (non-hydrogen) atoms. The Morgan fingerprint density at radius 3 is 2.94 bits per heavy atom. The van der Waals surface area contributed by atoms with Crippen LogP contribution in [0.5, 0.6) is 0 Å². The molecule has 5 N–H and O–H groups in total. The molecule has 1 amide bonds. The number of amides is 1. The van der Waals surface area contributed by atoms with E-state index >= 15 is 0 Å². The minimum Gasteiger partial charge on any atom is -0.396 e. The first-order valence-electron chi connectivity index (χ1n) is 6.32. The van der Waals surface area contributed by atoms with Gasteiger partial charge in [0.1, 0.15) is 0 Å². The van der Waals surface area contributed by atoms with Gasteiger partial charge in [0.05, 0.1) is 5.54 Å². The molecule has 0 heterocycles. The summed E-state index contributed by atoms with van der Waals surface area (Å²) in [5, 5.41) is 9.27. The minimum atomic E-state index is -0.777. The van der Waals surface area contributed by atoms with Gasteiger partial charge in [-0.25, -0.2) is 0 Å². The molecule has 0 aromatic rings. The van der Waals surface area contributed by atoms with Gasteiger partial charge in [-0.15, -0.1) is 0 Å². The average Bonchev–Trinajstić information content (AvgIpc) is 2.62. The fourth-order valence-corrected chi connectivity index (χ4v) is 3.60. The number of carbonyl (C=O) groups is 1. The van der Waals surface area contributed by atoms with Gasteiger partial charge < -0.3 is 16.6 Å². The van der Waals surface area contributed by atoms with Gasteiger partial charge in [0, 0.05) is 11.9 Å². The van der Waals surface area contributed by atoms with Crippen molar-refractivity contribution in [2.24, 2.45) is 17.4 Å².